The smallest absolute Gasteiger partial charge is 0.216 e. The van der Waals surface area contributed by atoms with Crippen molar-refractivity contribution in [2.75, 3.05) is 6.61 Å². The average molecular weight is 577 g/mol. The van der Waals surface area contributed by atoms with Gasteiger partial charge in [0, 0.05) is 44.7 Å². The largest absolute Gasteiger partial charge is 0.475 e. The molecule has 7 aromatic rings. The number of ether oxygens (including phenoxy) is 1. The summed E-state index contributed by atoms with van der Waals surface area (Å²) in [6.45, 7) is 13.7. The molecule has 44 heavy (non-hydrogen) atoms. The maximum Gasteiger partial charge on any atom is 0.216 e. The molecule has 1 atom stereocenters. The highest BCUT2D eigenvalue weighted by Gasteiger charge is 2.22. The molecule has 0 saturated heterocycles. The van der Waals surface area contributed by atoms with Gasteiger partial charge in [-0.25, -0.2) is 9.98 Å². The molecule has 0 unspecified atom stereocenters. The highest BCUT2D eigenvalue weighted by molar-refractivity contribution is 6.12. The molecule has 1 aliphatic rings. The SMILES string of the molecule is Cc1ccc2c(c1)c1ccc(-n3c4ccc(C(C)C)cc4c4cccnc43)cc1n2-c1cc(C2=N[C@H](C)CO2)c(C)cc1C. The first-order chi connectivity index (χ1) is 21.3. The molecule has 0 amide bonds. The Balaban J connectivity index is 1.44. The fourth-order valence-corrected chi connectivity index (χ4v) is 6.94. The molecule has 0 fully saturated rings. The first-order valence-electron chi connectivity index (χ1n) is 15.6. The maximum atomic E-state index is 6.04. The molecule has 5 heteroatoms. The molecule has 4 heterocycles. The van der Waals surface area contributed by atoms with E-state index in [0.717, 1.165) is 34.0 Å². The number of aromatic nitrogens is 3. The Hall–Kier alpha value is -4.90. The lowest BCUT2D eigenvalue weighted by atomic mass is 10.0. The average Bonchev–Trinajstić information content (AvgIpc) is 3.68. The van der Waals surface area contributed by atoms with Crippen LogP contribution in [0.1, 0.15) is 54.5 Å². The van der Waals surface area contributed by atoms with Crippen LogP contribution in [0.2, 0.25) is 0 Å². The maximum absolute atomic E-state index is 6.04. The van der Waals surface area contributed by atoms with E-state index < -0.39 is 0 Å². The number of aryl methyl sites for hydroxylation is 3. The summed E-state index contributed by atoms with van der Waals surface area (Å²) in [5.41, 5.74) is 12.7. The minimum atomic E-state index is 0.171. The van der Waals surface area contributed by atoms with E-state index in [0.29, 0.717) is 12.5 Å². The Morgan fingerprint density at radius 2 is 1.55 bits per heavy atom. The van der Waals surface area contributed by atoms with Crippen LogP contribution in [0.15, 0.2) is 90.1 Å². The van der Waals surface area contributed by atoms with Crippen molar-refractivity contribution >= 4 is 49.6 Å². The summed E-state index contributed by atoms with van der Waals surface area (Å²) < 4.78 is 10.8. The number of pyridine rings is 1. The van der Waals surface area contributed by atoms with Crippen LogP contribution in [0.5, 0.6) is 0 Å². The van der Waals surface area contributed by atoms with Crippen LogP contribution in [0, 0.1) is 20.8 Å². The second kappa shape index (κ2) is 9.81. The Labute approximate surface area is 257 Å². The van der Waals surface area contributed by atoms with Crippen molar-refractivity contribution in [1.29, 1.82) is 0 Å². The summed E-state index contributed by atoms with van der Waals surface area (Å²) in [5, 5.41) is 4.89. The summed E-state index contributed by atoms with van der Waals surface area (Å²) >= 11 is 0. The van der Waals surface area contributed by atoms with Crippen molar-refractivity contribution in [2.24, 2.45) is 4.99 Å². The molecule has 0 bridgehead atoms. The van der Waals surface area contributed by atoms with Crippen molar-refractivity contribution < 1.29 is 4.74 Å². The molecular formula is C39H36N4O. The molecule has 5 nitrogen and oxygen atoms in total. The predicted molar refractivity (Wildman–Crippen MR) is 183 cm³/mol. The standard InChI is InChI=1S/C39H36N4O/c1-22(2)27-10-14-34-33(18-27)30-8-7-15-40-38(30)42(34)28-11-12-29-32-16-23(3)9-13-35(32)43(37(29)19-28)36-20-31(24(4)17-25(36)5)39-41-26(6)21-44-39/h7-20,22,26H,21H2,1-6H3/t26-/m1/s1. The van der Waals surface area contributed by atoms with Gasteiger partial charge in [-0.3, -0.25) is 4.57 Å². The zero-order chi connectivity index (χ0) is 30.3. The van der Waals surface area contributed by atoms with E-state index in [1.165, 1.54) is 54.8 Å². The quantitative estimate of drug-likeness (QED) is 0.209. The highest BCUT2D eigenvalue weighted by Crippen LogP contribution is 2.38. The minimum absolute atomic E-state index is 0.171. The van der Waals surface area contributed by atoms with Crippen molar-refractivity contribution in [2.45, 2.75) is 53.5 Å². The monoisotopic (exact) mass is 576 g/mol. The third-order valence-electron chi connectivity index (χ3n) is 9.19. The van der Waals surface area contributed by atoms with Crippen LogP contribution >= 0.6 is 0 Å². The second-order valence-electron chi connectivity index (χ2n) is 12.7. The highest BCUT2D eigenvalue weighted by atomic mass is 16.5. The fourth-order valence-electron chi connectivity index (χ4n) is 6.94. The lowest BCUT2D eigenvalue weighted by Gasteiger charge is -2.16. The molecule has 218 valence electrons. The van der Waals surface area contributed by atoms with Gasteiger partial charge in [-0.15, -0.1) is 0 Å². The van der Waals surface area contributed by atoms with E-state index in [1.807, 2.05) is 12.3 Å². The van der Waals surface area contributed by atoms with Gasteiger partial charge in [-0.1, -0.05) is 43.7 Å². The van der Waals surface area contributed by atoms with Gasteiger partial charge >= 0.3 is 0 Å². The summed E-state index contributed by atoms with van der Waals surface area (Å²) in [5.74, 6) is 1.20. The molecule has 8 rings (SSSR count). The summed E-state index contributed by atoms with van der Waals surface area (Å²) in [7, 11) is 0. The zero-order valence-corrected chi connectivity index (χ0v) is 26.1. The minimum Gasteiger partial charge on any atom is -0.475 e. The second-order valence-corrected chi connectivity index (χ2v) is 12.7. The van der Waals surface area contributed by atoms with Crippen molar-refractivity contribution in [1.82, 2.24) is 14.1 Å². The summed E-state index contributed by atoms with van der Waals surface area (Å²) in [4.78, 5) is 9.70. The number of aliphatic imine (C=N–C) groups is 1. The summed E-state index contributed by atoms with van der Waals surface area (Å²) in [6, 6.07) is 29.4. The number of hydrogen-bond donors (Lipinski definition) is 0. The van der Waals surface area contributed by atoms with E-state index in [9.17, 15) is 0 Å². The number of nitrogens with zero attached hydrogens (tertiary/aromatic N) is 4. The zero-order valence-electron chi connectivity index (χ0n) is 26.1. The molecule has 0 N–H and O–H groups in total. The van der Waals surface area contributed by atoms with Crippen LogP contribution in [0.25, 0.3) is 55.1 Å². The van der Waals surface area contributed by atoms with E-state index >= 15 is 0 Å². The molecular weight excluding hydrogens is 540 g/mol. The van der Waals surface area contributed by atoms with E-state index in [2.05, 4.69) is 123 Å². The molecule has 4 aromatic carbocycles. The molecule has 0 aliphatic carbocycles. The van der Waals surface area contributed by atoms with Crippen LogP contribution in [-0.2, 0) is 4.74 Å². The Morgan fingerprint density at radius 1 is 0.750 bits per heavy atom. The third kappa shape index (κ3) is 3.99. The fraction of sp³-hybridized carbons (Fsp3) is 0.231. The van der Waals surface area contributed by atoms with E-state index in [-0.39, 0.29) is 6.04 Å². The molecule has 0 radical (unpaired) electrons. The van der Waals surface area contributed by atoms with Crippen LogP contribution in [0.3, 0.4) is 0 Å². The van der Waals surface area contributed by atoms with Gasteiger partial charge in [0.1, 0.15) is 12.3 Å². The van der Waals surface area contributed by atoms with Gasteiger partial charge in [0.25, 0.3) is 0 Å². The van der Waals surface area contributed by atoms with Gasteiger partial charge < -0.3 is 9.30 Å². The van der Waals surface area contributed by atoms with E-state index in [4.69, 9.17) is 14.7 Å². The predicted octanol–water partition coefficient (Wildman–Crippen LogP) is 9.49. The Bertz CT molecular complexity index is 2320. The molecule has 3 aromatic heterocycles. The van der Waals surface area contributed by atoms with Gasteiger partial charge in [0.15, 0.2) is 0 Å². The third-order valence-corrected chi connectivity index (χ3v) is 9.19. The van der Waals surface area contributed by atoms with Crippen molar-refractivity contribution in [3.63, 3.8) is 0 Å². The normalized spacial score (nSPS) is 15.2. The van der Waals surface area contributed by atoms with E-state index in [1.54, 1.807) is 0 Å². The van der Waals surface area contributed by atoms with Crippen LogP contribution in [0.4, 0.5) is 0 Å². The first-order valence-corrected chi connectivity index (χ1v) is 15.6. The summed E-state index contributed by atoms with van der Waals surface area (Å²) in [6.07, 6.45) is 1.89. The molecule has 0 spiro atoms. The number of benzene rings is 4. The van der Waals surface area contributed by atoms with Gasteiger partial charge in [-0.2, -0.15) is 0 Å². The Morgan fingerprint density at radius 3 is 2.34 bits per heavy atom. The van der Waals surface area contributed by atoms with Gasteiger partial charge in [0.2, 0.25) is 5.90 Å². The molecule has 1 aliphatic heterocycles. The number of fused-ring (bicyclic) bond motifs is 6. The first kappa shape index (κ1) is 26.7. The number of hydrogen-bond acceptors (Lipinski definition) is 3. The number of rotatable bonds is 4. The van der Waals surface area contributed by atoms with Crippen molar-refractivity contribution in [3.8, 4) is 11.4 Å². The van der Waals surface area contributed by atoms with Crippen LogP contribution in [-0.4, -0.2) is 32.7 Å². The van der Waals surface area contributed by atoms with Crippen LogP contribution < -0.4 is 0 Å². The lowest BCUT2D eigenvalue weighted by Crippen LogP contribution is -2.07. The van der Waals surface area contributed by atoms with Crippen molar-refractivity contribution in [3.05, 3.63) is 113 Å². The Kier molecular flexibility index (Phi) is 5.96. The van der Waals surface area contributed by atoms with Gasteiger partial charge in [0.05, 0.1) is 22.6 Å². The molecule has 0 saturated carbocycles. The lowest BCUT2D eigenvalue weighted by molar-refractivity contribution is 0.324. The van der Waals surface area contributed by atoms with Gasteiger partial charge in [-0.05, 0) is 105 Å². The topological polar surface area (TPSA) is 44.3 Å².